The number of hydrogen-bond donors (Lipinski definition) is 2. The van der Waals surface area contributed by atoms with Crippen LogP contribution >= 0.6 is 11.6 Å². The van der Waals surface area contributed by atoms with Gasteiger partial charge in [-0.05, 0) is 30.9 Å². The first-order chi connectivity index (χ1) is 13.1. The lowest BCUT2D eigenvalue weighted by atomic mass is 9.72. The van der Waals surface area contributed by atoms with Crippen LogP contribution in [0, 0.1) is 5.41 Å². The molecule has 0 aliphatic carbocycles. The van der Waals surface area contributed by atoms with E-state index in [1.165, 1.54) is 24.4 Å². The number of carbonyl (C=O) groups excluding carboxylic acids is 1. The van der Waals surface area contributed by atoms with Crippen molar-refractivity contribution in [2.75, 3.05) is 18.0 Å². The second-order valence-electron chi connectivity index (χ2n) is 6.86. The van der Waals surface area contributed by atoms with E-state index in [0.717, 1.165) is 6.07 Å². The molecular weight excluding hydrogens is 397 g/mol. The number of aromatic nitrogens is 2. The first-order valence-corrected chi connectivity index (χ1v) is 8.95. The van der Waals surface area contributed by atoms with Crippen molar-refractivity contribution in [1.29, 1.82) is 0 Å². The van der Waals surface area contributed by atoms with E-state index in [-0.39, 0.29) is 29.8 Å². The quantitative estimate of drug-likeness (QED) is 0.804. The van der Waals surface area contributed by atoms with E-state index in [4.69, 9.17) is 17.3 Å². The first kappa shape index (κ1) is 20.2. The Kier molecular flexibility index (Phi) is 5.38. The number of amides is 1. The van der Waals surface area contributed by atoms with Gasteiger partial charge in [-0.25, -0.2) is 5.10 Å². The van der Waals surface area contributed by atoms with Crippen molar-refractivity contribution >= 4 is 23.2 Å². The number of halogens is 4. The second kappa shape index (κ2) is 7.46. The van der Waals surface area contributed by atoms with E-state index >= 15 is 0 Å². The molecule has 1 amide bonds. The molecule has 6 nitrogen and oxygen atoms in total. The fourth-order valence-electron chi connectivity index (χ4n) is 3.60. The monoisotopic (exact) mass is 414 g/mol. The predicted octanol–water partition coefficient (Wildman–Crippen LogP) is 2.76. The highest BCUT2D eigenvalue weighted by Crippen LogP contribution is 2.40. The van der Waals surface area contributed by atoms with Crippen LogP contribution in [0.15, 0.2) is 35.3 Å². The molecule has 2 aromatic rings. The number of hydrogen-bond acceptors (Lipinski definition) is 4. The van der Waals surface area contributed by atoms with Gasteiger partial charge in [0.15, 0.2) is 0 Å². The number of alkyl halides is 3. The van der Waals surface area contributed by atoms with Gasteiger partial charge in [0.05, 0.1) is 22.9 Å². The molecule has 10 heteroatoms. The van der Waals surface area contributed by atoms with Gasteiger partial charge >= 0.3 is 6.18 Å². The van der Waals surface area contributed by atoms with Gasteiger partial charge in [0.2, 0.25) is 5.91 Å². The highest BCUT2D eigenvalue weighted by atomic mass is 35.5. The average Bonchev–Trinajstić information content (AvgIpc) is 2.64. The van der Waals surface area contributed by atoms with Crippen LogP contribution in [-0.2, 0) is 17.4 Å². The Morgan fingerprint density at radius 2 is 1.93 bits per heavy atom. The zero-order chi connectivity index (χ0) is 20.5. The van der Waals surface area contributed by atoms with Crippen molar-refractivity contribution in [2.45, 2.75) is 25.4 Å². The van der Waals surface area contributed by atoms with Crippen LogP contribution in [0.5, 0.6) is 0 Å². The fourth-order valence-corrected chi connectivity index (χ4v) is 3.81. The molecule has 3 N–H and O–H groups in total. The third kappa shape index (κ3) is 3.84. The fraction of sp³-hybridized carbons (Fsp3) is 0.389. The molecule has 150 valence electrons. The van der Waals surface area contributed by atoms with Gasteiger partial charge in [-0.15, -0.1) is 0 Å². The minimum Gasteiger partial charge on any atom is -0.369 e. The maximum atomic E-state index is 13.3. The molecule has 0 spiro atoms. The summed E-state index contributed by atoms with van der Waals surface area (Å²) in [5.41, 5.74) is 3.66. The van der Waals surface area contributed by atoms with Crippen molar-refractivity contribution in [3.63, 3.8) is 0 Å². The van der Waals surface area contributed by atoms with Crippen LogP contribution in [0.4, 0.5) is 18.9 Å². The summed E-state index contributed by atoms with van der Waals surface area (Å²) in [4.78, 5) is 25.6. The van der Waals surface area contributed by atoms with Crippen molar-refractivity contribution in [3.05, 3.63) is 57.0 Å². The molecule has 1 aromatic carbocycles. The Morgan fingerprint density at radius 1 is 1.29 bits per heavy atom. The number of primary amides is 1. The summed E-state index contributed by atoms with van der Waals surface area (Å²) in [6, 6.07) is 5.20. The lowest BCUT2D eigenvalue weighted by molar-refractivity contribution is -0.139. The summed E-state index contributed by atoms with van der Waals surface area (Å²) >= 11 is 6.02. The van der Waals surface area contributed by atoms with Crippen LogP contribution in [0.1, 0.15) is 24.0 Å². The molecule has 2 heterocycles. The molecule has 0 saturated carbocycles. The lowest BCUT2D eigenvalue weighted by Gasteiger charge is -2.41. The number of anilines is 1. The molecule has 0 unspecified atom stereocenters. The largest absolute Gasteiger partial charge is 0.416 e. The molecule has 3 rings (SSSR count). The summed E-state index contributed by atoms with van der Waals surface area (Å²) in [7, 11) is 0. The lowest BCUT2D eigenvalue weighted by Crippen LogP contribution is -2.49. The maximum absolute atomic E-state index is 13.3. The Balaban J connectivity index is 1.86. The van der Waals surface area contributed by atoms with Crippen molar-refractivity contribution in [2.24, 2.45) is 11.1 Å². The summed E-state index contributed by atoms with van der Waals surface area (Å²) in [5.74, 6) is -0.640. The third-order valence-corrected chi connectivity index (χ3v) is 5.58. The number of H-pyrrole nitrogens is 1. The van der Waals surface area contributed by atoms with Crippen LogP contribution in [0.25, 0.3) is 0 Å². The average molecular weight is 415 g/mol. The van der Waals surface area contributed by atoms with Gasteiger partial charge in [-0.3, -0.25) is 9.59 Å². The topological polar surface area (TPSA) is 92.1 Å². The highest BCUT2D eigenvalue weighted by molar-refractivity contribution is 6.33. The number of rotatable bonds is 4. The van der Waals surface area contributed by atoms with Crippen LogP contribution in [-0.4, -0.2) is 29.2 Å². The number of nitrogens with zero attached hydrogens (tertiary/aromatic N) is 2. The minimum atomic E-state index is -4.51. The van der Waals surface area contributed by atoms with Crippen LogP contribution in [0.3, 0.4) is 0 Å². The van der Waals surface area contributed by atoms with Gasteiger partial charge in [-0.1, -0.05) is 29.8 Å². The van der Waals surface area contributed by atoms with E-state index in [9.17, 15) is 22.8 Å². The number of aromatic amines is 1. The molecule has 0 atom stereocenters. The van der Waals surface area contributed by atoms with Gasteiger partial charge in [0.25, 0.3) is 5.56 Å². The SMILES string of the molecule is NC(=O)C1(Cc2ccccc2C(F)(F)F)CCN(c2cn[nH]c(=O)c2Cl)CC1. The van der Waals surface area contributed by atoms with Crippen LogP contribution < -0.4 is 16.2 Å². The number of benzene rings is 1. The van der Waals surface area contributed by atoms with Gasteiger partial charge in [0, 0.05) is 13.1 Å². The van der Waals surface area contributed by atoms with E-state index in [0.29, 0.717) is 18.8 Å². The number of nitrogens with two attached hydrogens (primary N) is 1. The summed E-state index contributed by atoms with van der Waals surface area (Å²) < 4.78 is 39.9. The summed E-state index contributed by atoms with van der Waals surface area (Å²) in [6.45, 7) is 0.615. The third-order valence-electron chi connectivity index (χ3n) is 5.21. The van der Waals surface area contributed by atoms with E-state index in [2.05, 4.69) is 10.2 Å². The van der Waals surface area contributed by atoms with E-state index in [1.54, 1.807) is 4.90 Å². The molecule has 0 bridgehead atoms. The molecule has 1 aliphatic rings. The van der Waals surface area contributed by atoms with E-state index < -0.39 is 28.6 Å². The summed E-state index contributed by atoms with van der Waals surface area (Å²) in [6.07, 6.45) is -2.75. The smallest absolute Gasteiger partial charge is 0.369 e. The Bertz CT molecular complexity index is 937. The predicted molar refractivity (Wildman–Crippen MR) is 98.1 cm³/mol. The number of nitrogens with one attached hydrogen (secondary N) is 1. The molecule has 28 heavy (non-hydrogen) atoms. The van der Waals surface area contributed by atoms with Crippen molar-refractivity contribution in [1.82, 2.24) is 10.2 Å². The van der Waals surface area contributed by atoms with Crippen molar-refractivity contribution in [3.8, 4) is 0 Å². The molecule has 0 radical (unpaired) electrons. The minimum absolute atomic E-state index is 0.0241. The zero-order valence-corrected chi connectivity index (χ0v) is 15.5. The van der Waals surface area contributed by atoms with Crippen molar-refractivity contribution < 1.29 is 18.0 Å². The number of carbonyl (C=O) groups is 1. The van der Waals surface area contributed by atoms with Crippen LogP contribution in [0.2, 0.25) is 5.02 Å². The Morgan fingerprint density at radius 3 is 2.54 bits per heavy atom. The summed E-state index contributed by atoms with van der Waals surface area (Å²) in [5, 5.41) is 5.92. The molecule has 1 aromatic heterocycles. The molecule has 1 saturated heterocycles. The Labute approximate surface area is 163 Å². The Hall–Kier alpha value is -2.55. The maximum Gasteiger partial charge on any atom is 0.416 e. The standard InChI is InChI=1S/C18H18ClF3N4O2/c19-14-13(10-24-25-15(14)27)26-7-5-17(6-8-26,16(23)28)9-11-3-1-2-4-12(11)18(20,21)22/h1-4,10H,5-9H2,(H2,23,28)(H,25,27). The van der Waals surface area contributed by atoms with E-state index in [1.807, 2.05) is 0 Å². The molecule has 1 fully saturated rings. The highest BCUT2D eigenvalue weighted by Gasteiger charge is 2.43. The van der Waals surface area contributed by atoms with Gasteiger partial charge in [0.1, 0.15) is 5.02 Å². The second-order valence-corrected chi connectivity index (χ2v) is 7.24. The molecule has 1 aliphatic heterocycles. The normalized spacial score (nSPS) is 16.8. The van der Waals surface area contributed by atoms with Gasteiger partial charge < -0.3 is 10.6 Å². The number of piperidine rings is 1. The van der Waals surface area contributed by atoms with Gasteiger partial charge in [-0.2, -0.15) is 18.3 Å². The zero-order valence-electron chi connectivity index (χ0n) is 14.7. The molecular formula is C18H18ClF3N4O2. The first-order valence-electron chi connectivity index (χ1n) is 8.57.